The minimum Gasteiger partial charge on any atom is -0.354 e. The molecule has 0 radical (unpaired) electrons. The molecular weight excluding hydrogens is 272 g/mol. The van der Waals surface area contributed by atoms with Gasteiger partial charge in [0.15, 0.2) is 0 Å². The number of carbonyl (C=O) groups is 1. The number of halogens is 1. The van der Waals surface area contributed by atoms with Crippen molar-refractivity contribution in [2.45, 2.75) is 45.6 Å². The van der Waals surface area contributed by atoms with E-state index >= 15 is 0 Å². The third-order valence-electron chi connectivity index (χ3n) is 3.49. The lowest BCUT2D eigenvalue weighted by molar-refractivity contribution is -0.125. The van der Waals surface area contributed by atoms with Crippen LogP contribution in [-0.4, -0.2) is 12.5 Å². The third-order valence-corrected chi connectivity index (χ3v) is 3.49. The summed E-state index contributed by atoms with van der Waals surface area (Å²) in [5, 5.41) is 2.98. The minimum absolute atomic E-state index is 0. The molecule has 20 heavy (non-hydrogen) atoms. The maximum Gasteiger partial charge on any atom is 0.223 e. The summed E-state index contributed by atoms with van der Waals surface area (Å²) in [7, 11) is 0. The zero-order valence-electron chi connectivity index (χ0n) is 12.5. The highest BCUT2D eigenvalue weighted by molar-refractivity contribution is 5.85. The fraction of sp³-hybridized carbons (Fsp3) is 0.562. The number of amides is 1. The summed E-state index contributed by atoms with van der Waals surface area (Å²) in [6.07, 6.45) is 4.11. The average Bonchev–Trinajstić information content (AvgIpc) is 2.46. The molecule has 0 aliphatic heterocycles. The van der Waals surface area contributed by atoms with Gasteiger partial charge in [-0.05, 0) is 18.4 Å². The molecule has 0 aromatic heterocycles. The van der Waals surface area contributed by atoms with Crippen LogP contribution in [0.1, 0.15) is 51.1 Å². The molecule has 3 N–H and O–H groups in total. The predicted octanol–water partition coefficient (Wildman–Crippen LogP) is 3.44. The Balaban J connectivity index is 0.00000361. The summed E-state index contributed by atoms with van der Waals surface area (Å²) in [6, 6.07) is 9.75. The molecule has 3 nitrogen and oxygen atoms in total. The summed E-state index contributed by atoms with van der Waals surface area (Å²) in [5.41, 5.74) is 7.13. The van der Waals surface area contributed by atoms with Crippen molar-refractivity contribution < 1.29 is 4.79 Å². The monoisotopic (exact) mass is 298 g/mol. The minimum atomic E-state index is -0.131. The molecule has 0 heterocycles. The molecule has 1 aromatic rings. The number of hydrogen-bond acceptors (Lipinski definition) is 2. The number of hydrogen-bond donors (Lipinski definition) is 2. The van der Waals surface area contributed by atoms with Gasteiger partial charge in [0.2, 0.25) is 5.91 Å². The molecule has 0 aliphatic carbocycles. The molecule has 114 valence electrons. The molecule has 1 rings (SSSR count). The van der Waals surface area contributed by atoms with Gasteiger partial charge in [-0.15, -0.1) is 12.4 Å². The first-order valence-corrected chi connectivity index (χ1v) is 7.27. The van der Waals surface area contributed by atoms with Gasteiger partial charge in [0, 0.05) is 18.5 Å². The first-order valence-electron chi connectivity index (χ1n) is 7.27. The number of carbonyl (C=O) groups excluding carboxylic acids is 1. The molecule has 0 saturated heterocycles. The Morgan fingerprint density at radius 3 is 2.45 bits per heavy atom. The van der Waals surface area contributed by atoms with Gasteiger partial charge in [0.25, 0.3) is 0 Å². The van der Waals surface area contributed by atoms with Gasteiger partial charge >= 0.3 is 0 Å². The number of unbranched alkanes of at least 4 members (excludes halogenated alkanes) is 1. The van der Waals surface area contributed by atoms with Crippen molar-refractivity contribution >= 4 is 18.3 Å². The Bertz CT molecular complexity index is 370. The second kappa shape index (κ2) is 10.7. The zero-order chi connectivity index (χ0) is 14.1. The van der Waals surface area contributed by atoms with Gasteiger partial charge in [-0.25, -0.2) is 0 Å². The maximum atomic E-state index is 12.0. The SMILES string of the molecule is CCCCC(CC)C(=O)NCC(N)c1ccccc1.Cl. The highest BCUT2D eigenvalue weighted by Gasteiger charge is 2.16. The summed E-state index contributed by atoms with van der Waals surface area (Å²) in [4.78, 5) is 12.0. The molecule has 0 saturated carbocycles. The van der Waals surface area contributed by atoms with E-state index in [0.29, 0.717) is 6.54 Å². The van der Waals surface area contributed by atoms with Crippen LogP contribution < -0.4 is 11.1 Å². The van der Waals surface area contributed by atoms with E-state index in [1.165, 1.54) is 0 Å². The summed E-state index contributed by atoms with van der Waals surface area (Å²) < 4.78 is 0. The van der Waals surface area contributed by atoms with Gasteiger partial charge in [-0.3, -0.25) is 4.79 Å². The van der Waals surface area contributed by atoms with Gasteiger partial charge in [-0.1, -0.05) is 57.0 Å². The second-order valence-electron chi connectivity index (χ2n) is 5.01. The van der Waals surface area contributed by atoms with Gasteiger partial charge in [-0.2, -0.15) is 0 Å². The maximum absolute atomic E-state index is 12.0. The Labute approximate surface area is 128 Å². The average molecular weight is 299 g/mol. The van der Waals surface area contributed by atoms with Crippen LogP contribution in [0.3, 0.4) is 0 Å². The largest absolute Gasteiger partial charge is 0.354 e. The Hall–Kier alpha value is -1.06. The Morgan fingerprint density at radius 2 is 1.90 bits per heavy atom. The lowest BCUT2D eigenvalue weighted by Crippen LogP contribution is -2.36. The summed E-state index contributed by atoms with van der Waals surface area (Å²) in [5.74, 6) is 0.269. The van der Waals surface area contributed by atoms with Crippen molar-refractivity contribution in [1.82, 2.24) is 5.32 Å². The Kier molecular flexibility index (Phi) is 10.1. The topological polar surface area (TPSA) is 55.1 Å². The molecule has 0 fully saturated rings. The smallest absolute Gasteiger partial charge is 0.223 e. The summed E-state index contributed by atoms with van der Waals surface area (Å²) >= 11 is 0. The van der Waals surface area contributed by atoms with E-state index in [1.54, 1.807) is 0 Å². The first kappa shape index (κ1) is 18.9. The highest BCUT2D eigenvalue weighted by Crippen LogP contribution is 2.13. The summed E-state index contributed by atoms with van der Waals surface area (Å²) in [6.45, 7) is 4.72. The van der Waals surface area contributed by atoms with E-state index in [0.717, 1.165) is 31.2 Å². The van der Waals surface area contributed by atoms with Gasteiger partial charge in [0.1, 0.15) is 0 Å². The number of benzene rings is 1. The van der Waals surface area contributed by atoms with Crippen LogP contribution in [0.2, 0.25) is 0 Å². The van der Waals surface area contributed by atoms with Gasteiger partial charge < -0.3 is 11.1 Å². The lowest BCUT2D eigenvalue weighted by Gasteiger charge is -2.17. The van der Waals surface area contributed by atoms with E-state index in [1.807, 2.05) is 30.3 Å². The van der Waals surface area contributed by atoms with E-state index < -0.39 is 0 Å². The molecule has 1 amide bonds. The fourth-order valence-electron chi connectivity index (χ4n) is 2.14. The standard InChI is InChI=1S/C16H26N2O.ClH/c1-3-5-9-13(4-2)16(19)18-12-15(17)14-10-7-6-8-11-14;/h6-8,10-11,13,15H,3-5,9,12,17H2,1-2H3,(H,18,19);1H. The lowest BCUT2D eigenvalue weighted by atomic mass is 9.98. The molecule has 2 unspecified atom stereocenters. The molecule has 0 bridgehead atoms. The molecule has 4 heteroatoms. The molecule has 1 aromatic carbocycles. The van der Waals surface area contributed by atoms with Crippen molar-refractivity contribution in [1.29, 1.82) is 0 Å². The van der Waals surface area contributed by atoms with Crippen molar-refractivity contribution in [2.24, 2.45) is 11.7 Å². The third kappa shape index (κ3) is 6.40. The van der Waals surface area contributed by atoms with Crippen LogP contribution >= 0.6 is 12.4 Å². The van der Waals surface area contributed by atoms with E-state index in [4.69, 9.17) is 5.73 Å². The van der Waals surface area contributed by atoms with Crippen molar-refractivity contribution in [3.63, 3.8) is 0 Å². The zero-order valence-corrected chi connectivity index (χ0v) is 13.3. The Morgan fingerprint density at radius 1 is 1.25 bits per heavy atom. The quantitative estimate of drug-likeness (QED) is 0.772. The van der Waals surface area contributed by atoms with Crippen LogP contribution in [0.5, 0.6) is 0 Å². The van der Waals surface area contributed by atoms with Crippen molar-refractivity contribution in [3.8, 4) is 0 Å². The van der Waals surface area contributed by atoms with Crippen LogP contribution in [0, 0.1) is 5.92 Å². The number of nitrogens with one attached hydrogen (secondary N) is 1. The van der Waals surface area contributed by atoms with Gasteiger partial charge in [0.05, 0.1) is 0 Å². The van der Waals surface area contributed by atoms with E-state index in [9.17, 15) is 4.79 Å². The van der Waals surface area contributed by atoms with Crippen molar-refractivity contribution in [2.75, 3.05) is 6.54 Å². The number of rotatable bonds is 8. The molecule has 0 spiro atoms. The van der Waals surface area contributed by atoms with Crippen LogP contribution in [-0.2, 0) is 4.79 Å². The molecule has 0 aliphatic rings. The van der Waals surface area contributed by atoms with Crippen molar-refractivity contribution in [3.05, 3.63) is 35.9 Å². The number of nitrogens with two attached hydrogens (primary N) is 1. The first-order chi connectivity index (χ1) is 9.19. The fourth-order valence-corrected chi connectivity index (χ4v) is 2.14. The molecular formula is C16H27ClN2O. The predicted molar refractivity (Wildman–Crippen MR) is 86.9 cm³/mol. The normalized spacial score (nSPS) is 13.2. The second-order valence-corrected chi connectivity index (χ2v) is 5.01. The van der Waals surface area contributed by atoms with Crippen LogP contribution in [0.4, 0.5) is 0 Å². The van der Waals surface area contributed by atoms with E-state index in [2.05, 4.69) is 19.2 Å². The highest BCUT2D eigenvalue weighted by atomic mass is 35.5. The van der Waals surface area contributed by atoms with Crippen LogP contribution in [0.15, 0.2) is 30.3 Å². The van der Waals surface area contributed by atoms with E-state index in [-0.39, 0.29) is 30.3 Å². The molecule has 2 atom stereocenters. The van der Waals surface area contributed by atoms with Crippen LogP contribution in [0.25, 0.3) is 0 Å².